The molecule has 0 saturated carbocycles. The van der Waals surface area contributed by atoms with Crippen LogP contribution in [0.4, 0.5) is 11.4 Å². The Morgan fingerprint density at radius 1 is 1.09 bits per heavy atom. The Balaban J connectivity index is 2.24. The Labute approximate surface area is 132 Å². The number of anilines is 2. The van der Waals surface area contributed by atoms with Crippen molar-refractivity contribution in [3.05, 3.63) is 53.1 Å². The van der Waals surface area contributed by atoms with E-state index < -0.39 is 15.9 Å². The number of carbonyl (C=O) groups excluding carboxylic acids is 1. The molecule has 0 spiro atoms. The number of hydrogen-bond acceptors (Lipinski definition) is 4. The molecule has 2 rings (SSSR count). The van der Waals surface area contributed by atoms with Gasteiger partial charge in [0.1, 0.15) is 5.75 Å². The number of aromatic hydroxyl groups is 1. The van der Waals surface area contributed by atoms with Crippen LogP contribution in [0, 0.1) is 0 Å². The Kier molecular flexibility index (Phi) is 4.58. The first-order chi connectivity index (χ1) is 10.2. The largest absolute Gasteiger partial charge is 0.508 e. The molecule has 0 unspecified atom stereocenters. The van der Waals surface area contributed by atoms with Crippen molar-refractivity contribution in [2.75, 3.05) is 16.3 Å². The molecular weight excluding hydrogens is 328 g/mol. The van der Waals surface area contributed by atoms with Gasteiger partial charge in [-0.05, 0) is 36.4 Å². The minimum absolute atomic E-state index is 0.101. The molecular formula is C14H13ClN2O4S. The fraction of sp³-hybridized carbons (Fsp3) is 0.0714. The molecule has 0 aliphatic carbocycles. The van der Waals surface area contributed by atoms with Gasteiger partial charge in [0, 0.05) is 22.3 Å². The lowest BCUT2D eigenvalue weighted by molar-refractivity contribution is 0.102. The first kappa shape index (κ1) is 16.1. The predicted molar refractivity (Wildman–Crippen MR) is 86.0 cm³/mol. The lowest BCUT2D eigenvalue weighted by Crippen LogP contribution is -2.14. The molecule has 0 bridgehead atoms. The number of benzene rings is 2. The van der Waals surface area contributed by atoms with E-state index in [4.69, 9.17) is 11.6 Å². The van der Waals surface area contributed by atoms with Gasteiger partial charge in [-0.3, -0.25) is 9.52 Å². The second kappa shape index (κ2) is 6.25. The minimum atomic E-state index is -3.51. The van der Waals surface area contributed by atoms with Crippen LogP contribution in [-0.2, 0) is 10.0 Å². The van der Waals surface area contributed by atoms with E-state index in [2.05, 4.69) is 10.0 Å². The highest BCUT2D eigenvalue weighted by Gasteiger charge is 2.11. The van der Waals surface area contributed by atoms with Crippen molar-refractivity contribution in [1.82, 2.24) is 0 Å². The molecule has 0 aromatic heterocycles. The lowest BCUT2D eigenvalue weighted by Gasteiger charge is -2.09. The van der Waals surface area contributed by atoms with E-state index in [1.165, 1.54) is 18.2 Å². The third-order valence-corrected chi connectivity index (χ3v) is 3.44. The number of halogens is 1. The summed E-state index contributed by atoms with van der Waals surface area (Å²) in [6.45, 7) is 0. The van der Waals surface area contributed by atoms with Crippen molar-refractivity contribution in [2.24, 2.45) is 0 Å². The summed E-state index contributed by atoms with van der Waals surface area (Å²) in [5, 5.41) is 12.8. The van der Waals surface area contributed by atoms with E-state index in [0.29, 0.717) is 10.7 Å². The molecule has 6 nitrogen and oxygen atoms in total. The molecule has 116 valence electrons. The van der Waals surface area contributed by atoms with Crippen LogP contribution in [0.25, 0.3) is 0 Å². The maximum Gasteiger partial charge on any atom is 0.255 e. The van der Waals surface area contributed by atoms with Gasteiger partial charge < -0.3 is 10.4 Å². The highest BCUT2D eigenvalue weighted by atomic mass is 35.5. The minimum Gasteiger partial charge on any atom is -0.508 e. The zero-order chi connectivity index (χ0) is 16.3. The molecule has 2 aromatic carbocycles. The van der Waals surface area contributed by atoms with Crippen LogP contribution in [-0.4, -0.2) is 25.7 Å². The van der Waals surface area contributed by atoms with Crippen LogP contribution in [0.5, 0.6) is 5.75 Å². The van der Waals surface area contributed by atoms with Crippen molar-refractivity contribution < 1.29 is 18.3 Å². The molecule has 1 amide bonds. The Morgan fingerprint density at radius 3 is 2.32 bits per heavy atom. The Hall–Kier alpha value is -2.25. The highest BCUT2D eigenvalue weighted by Crippen LogP contribution is 2.22. The zero-order valence-corrected chi connectivity index (χ0v) is 13.1. The van der Waals surface area contributed by atoms with Crippen LogP contribution in [0.3, 0.4) is 0 Å². The number of carbonyl (C=O) groups is 1. The fourth-order valence-corrected chi connectivity index (χ4v) is 2.42. The van der Waals surface area contributed by atoms with Gasteiger partial charge in [-0.2, -0.15) is 0 Å². The molecule has 3 N–H and O–H groups in total. The monoisotopic (exact) mass is 340 g/mol. The number of phenols is 1. The maximum atomic E-state index is 12.1. The molecule has 0 aliphatic heterocycles. The summed E-state index contributed by atoms with van der Waals surface area (Å²) in [5.41, 5.74) is 0.736. The average molecular weight is 341 g/mol. The zero-order valence-electron chi connectivity index (χ0n) is 11.5. The molecule has 0 atom stereocenters. The van der Waals surface area contributed by atoms with Gasteiger partial charge in [-0.1, -0.05) is 11.6 Å². The average Bonchev–Trinajstić information content (AvgIpc) is 2.38. The Morgan fingerprint density at radius 2 is 1.73 bits per heavy atom. The smallest absolute Gasteiger partial charge is 0.255 e. The second-order valence-electron chi connectivity index (χ2n) is 4.60. The highest BCUT2D eigenvalue weighted by molar-refractivity contribution is 7.92. The molecule has 0 aliphatic rings. The first-order valence-corrected chi connectivity index (χ1v) is 8.39. The van der Waals surface area contributed by atoms with E-state index in [0.717, 1.165) is 6.26 Å². The molecule has 22 heavy (non-hydrogen) atoms. The molecule has 0 heterocycles. The van der Waals surface area contributed by atoms with Crippen LogP contribution in [0.1, 0.15) is 10.4 Å². The number of hydrogen-bond donors (Lipinski definition) is 3. The quantitative estimate of drug-likeness (QED) is 0.797. The van der Waals surface area contributed by atoms with E-state index >= 15 is 0 Å². The molecule has 8 heteroatoms. The van der Waals surface area contributed by atoms with E-state index in [1.54, 1.807) is 24.3 Å². The van der Waals surface area contributed by atoms with Crippen molar-refractivity contribution in [2.45, 2.75) is 0 Å². The summed E-state index contributed by atoms with van der Waals surface area (Å²) in [6, 6.07) is 10.3. The summed E-state index contributed by atoms with van der Waals surface area (Å²) < 4.78 is 24.6. The van der Waals surface area contributed by atoms with E-state index in [9.17, 15) is 18.3 Å². The summed E-state index contributed by atoms with van der Waals surface area (Å²) in [4.78, 5) is 12.1. The number of nitrogens with one attached hydrogen (secondary N) is 2. The summed E-state index contributed by atoms with van der Waals surface area (Å²) in [5.74, 6) is -0.718. The van der Waals surface area contributed by atoms with E-state index in [1.807, 2.05) is 0 Å². The SMILES string of the molecule is CS(=O)(=O)Nc1cc(O)cc(C(=O)Nc2ccc(Cl)cc2)c1. The fourth-order valence-electron chi connectivity index (χ4n) is 1.75. The van der Waals surface area contributed by atoms with Gasteiger partial charge in [-0.15, -0.1) is 0 Å². The number of rotatable bonds is 4. The van der Waals surface area contributed by atoms with Crippen LogP contribution in [0.2, 0.25) is 5.02 Å². The Bertz CT molecular complexity index is 804. The van der Waals surface area contributed by atoms with Gasteiger partial charge in [0.15, 0.2) is 0 Å². The summed E-state index contributed by atoms with van der Waals surface area (Å²) in [7, 11) is -3.51. The van der Waals surface area contributed by atoms with E-state index in [-0.39, 0.29) is 17.0 Å². The standard InChI is InChI=1S/C14H13ClN2O4S/c1-22(20,21)17-12-6-9(7-13(18)8-12)14(19)16-11-4-2-10(15)3-5-11/h2-8,17-18H,1H3,(H,16,19). The van der Waals surface area contributed by atoms with Crippen molar-refractivity contribution in [1.29, 1.82) is 0 Å². The molecule has 0 fully saturated rings. The molecule has 0 radical (unpaired) electrons. The predicted octanol–water partition coefficient (Wildman–Crippen LogP) is 2.67. The van der Waals surface area contributed by atoms with Crippen LogP contribution in [0.15, 0.2) is 42.5 Å². The van der Waals surface area contributed by atoms with Crippen LogP contribution >= 0.6 is 11.6 Å². The summed E-state index contributed by atoms with van der Waals surface area (Å²) in [6.07, 6.45) is 0.977. The van der Waals surface area contributed by atoms with Gasteiger partial charge in [0.2, 0.25) is 10.0 Å². The maximum absolute atomic E-state index is 12.1. The van der Waals surface area contributed by atoms with Gasteiger partial charge in [0.25, 0.3) is 5.91 Å². The number of sulfonamides is 1. The first-order valence-electron chi connectivity index (χ1n) is 6.12. The van der Waals surface area contributed by atoms with Crippen molar-refractivity contribution in [3.8, 4) is 5.75 Å². The third-order valence-electron chi connectivity index (χ3n) is 2.59. The third kappa shape index (κ3) is 4.64. The lowest BCUT2D eigenvalue weighted by atomic mass is 10.1. The van der Waals surface area contributed by atoms with Crippen molar-refractivity contribution >= 4 is 38.9 Å². The molecule has 0 saturated heterocycles. The van der Waals surface area contributed by atoms with Crippen molar-refractivity contribution in [3.63, 3.8) is 0 Å². The molecule has 2 aromatic rings. The number of phenolic OH excluding ortho intramolecular Hbond substituents is 1. The van der Waals surface area contributed by atoms with Gasteiger partial charge in [-0.25, -0.2) is 8.42 Å². The van der Waals surface area contributed by atoms with Gasteiger partial charge >= 0.3 is 0 Å². The summed E-state index contributed by atoms with van der Waals surface area (Å²) >= 11 is 5.76. The normalized spacial score (nSPS) is 11.0. The topological polar surface area (TPSA) is 95.5 Å². The van der Waals surface area contributed by atoms with Gasteiger partial charge in [0.05, 0.1) is 11.9 Å². The number of amides is 1. The second-order valence-corrected chi connectivity index (χ2v) is 6.79. The van der Waals surface area contributed by atoms with Crippen LogP contribution < -0.4 is 10.0 Å².